The van der Waals surface area contributed by atoms with Crippen molar-refractivity contribution >= 4 is 27.3 Å². The zero-order valence-electron chi connectivity index (χ0n) is 6.64. The summed E-state index contributed by atoms with van der Waals surface area (Å²) >= 11 is 5.18. The van der Waals surface area contributed by atoms with Crippen LogP contribution in [0.2, 0.25) is 0 Å². The lowest BCUT2D eigenvalue weighted by Gasteiger charge is -1.92. The molecule has 0 spiro atoms. The van der Waals surface area contributed by atoms with Gasteiger partial charge in [-0.1, -0.05) is 15.9 Å². The summed E-state index contributed by atoms with van der Waals surface area (Å²) in [7, 11) is 0. The Morgan fingerprint density at radius 2 is 2.36 bits per heavy atom. The third-order valence-electron chi connectivity index (χ3n) is 1.44. The second kappa shape index (κ2) is 4.88. The van der Waals surface area contributed by atoms with E-state index in [0.717, 1.165) is 17.4 Å². The lowest BCUT2D eigenvalue weighted by Crippen LogP contribution is -1.84. The maximum absolute atomic E-state index is 4.39. The van der Waals surface area contributed by atoms with Gasteiger partial charge in [-0.2, -0.15) is 0 Å². The number of alkyl halides is 1. The molecule has 11 heavy (non-hydrogen) atoms. The van der Waals surface area contributed by atoms with Crippen LogP contribution in [0, 0.1) is 6.92 Å². The van der Waals surface area contributed by atoms with Gasteiger partial charge in [0.2, 0.25) is 0 Å². The van der Waals surface area contributed by atoms with Crippen molar-refractivity contribution < 1.29 is 0 Å². The quantitative estimate of drug-likeness (QED) is 0.576. The molecular formula is C8H12BrNS. The Morgan fingerprint density at radius 1 is 1.55 bits per heavy atom. The Kier molecular flexibility index (Phi) is 4.08. The van der Waals surface area contributed by atoms with Crippen molar-refractivity contribution in [2.75, 3.05) is 5.33 Å². The zero-order chi connectivity index (χ0) is 8.10. The van der Waals surface area contributed by atoms with Crippen molar-refractivity contribution in [3.8, 4) is 0 Å². The summed E-state index contributed by atoms with van der Waals surface area (Å²) in [5.74, 6) is 0. The van der Waals surface area contributed by atoms with Gasteiger partial charge in [-0.05, 0) is 26.2 Å². The van der Waals surface area contributed by atoms with Crippen molar-refractivity contribution in [1.82, 2.24) is 4.98 Å². The summed E-state index contributed by atoms with van der Waals surface area (Å²) in [6.45, 7) is 2.05. The fourth-order valence-electron chi connectivity index (χ4n) is 0.888. The Balaban J connectivity index is 2.27. The highest BCUT2D eigenvalue weighted by Crippen LogP contribution is 2.11. The maximum Gasteiger partial charge on any atom is 0.0928 e. The van der Waals surface area contributed by atoms with Gasteiger partial charge in [0.25, 0.3) is 0 Å². The highest BCUT2D eigenvalue weighted by atomic mass is 79.9. The van der Waals surface area contributed by atoms with Crippen molar-refractivity contribution in [2.24, 2.45) is 0 Å². The number of hydrogen-bond acceptors (Lipinski definition) is 2. The molecule has 0 saturated heterocycles. The van der Waals surface area contributed by atoms with Crippen molar-refractivity contribution in [3.63, 3.8) is 0 Å². The topological polar surface area (TPSA) is 12.9 Å². The van der Waals surface area contributed by atoms with Gasteiger partial charge < -0.3 is 0 Å². The predicted octanol–water partition coefficient (Wildman–Crippen LogP) is 3.17. The molecule has 1 nitrogen and oxygen atoms in total. The third-order valence-corrected chi connectivity index (χ3v) is 3.03. The number of hydrogen-bond donors (Lipinski definition) is 0. The van der Waals surface area contributed by atoms with E-state index in [4.69, 9.17) is 0 Å². The molecule has 0 N–H and O–H groups in total. The summed E-state index contributed by atoms with van der Waals surface area (Å²) in [6.07, 6.45) is 3.64. The number of thiazole rings is 1. The number of aromatic nitrogens is 1. The molecule has 0 atom stereocenters. The Bertz CT molecular complexity index is 210. The molecule has 0 bridgehead atoms. The van der Waals surface area contributed by atoms with Gasteiger partial charge in [0.05, 0.1) is 5.01 Å². The van der Waals surface area contributed by atoms with Crippen LogP contribution in [0.3, 0.4) is 0 Å². The van der Waals surface area contributed by atoms with Crippen LogP contribution in [0.25, 0.3) is 0 Å². The van der Waals surface area contributed by atoms with E-state index in [0.29, 0.717) is 0 Å². The van der Waals surface area contributed by atoms with Crippen LogP contribution >= 0.6 is 27.3 Å². The van der Waals surface area contributed by atoms with Crippen LogP contribution in [0.5, 0.6) is 0 Å². The summed E-state index contributed by atoms with van der Waals surface area (Å²) in [5.41, 5.74) is 1.16. The summed E-state index contributed by atoms with van der Waals surface area (Å²) in [5, 5.41) is 4.50. The SMILES string of the molecule is Cc1csc(CCCCBr)n1. The molecule has 0 aliphatic carbocycles. The van der Waals surface area contributed by atoms with Gasteiger partial charge in [0, 0.05) is 16.4 Å². The minimum atomic E-state index is 1.11. The summed E-state index contributed by atoms with van der Waals surface area (Å²) in [4.78, 5) is 4.39. The van der Waals surface area contributed by atoms with E-state index in [1.807, 2.05) is 6.92 Å². The standard InChI is InChI=1S/C8H12BrNS/c1-7-6-11-8(10-7)4-2-3-5-9/h6H,2-5H2,1H3. The first-order valence-electron chi connectivity index (χ1n) is 3.80. The molecular weight excluding hydrogens is 222 g/mol. The minimum absolute atomic E-state index is 1.11. The van der Waals surface area contributed by atoms with E-state index in [-0.39, 0.29) is 0 Å². The largest absolute Gasteiger partial charge is 0.247 e. The summed E-state index contributed by atoms with van der Waals surface area (Å²) < 4.78 is 0. The number of halogens is 1. The number of unbranched alkanes of at least 4 members (excludes halogenated alkanes) is 1. The molecule has 0 aliphatic heterocycles. The lowest BCUT2D eigenvalue weighted by molar-refractivity contribution is 0.798. The Hall–Kier alpha value is 0.110. The van der Waals surface area contributed by atoms with Crippen LogP contribution in [0.15, 0.2) is 5.38 Å². The third kappa shape index (κ3) is 3.34. The van der Waals surface area contributed by atoms with E-state index < -0.39 is 0 Å². The van der Waals surface area contributed by atoms with Crippen LogP contribution in [0.4, 0.5) is 0 Å². The van der Waals surface area contributed by atoms with E-state index in [1.165, 1.54) is 17.8 Å². The molecule has 0 amide bonds. The molecule has 0 aliphatic rings. The van der Waals surface area contributed by atoms with Gasteiger partial charge in [-0.15, -0.1) is 11.3 Å². The van der Waals surface area contributed by atoms with Crippen molar-refractivity contribution in [1.29, 1.82) is 0 Å². The van der Waals surface area contributed by atoms with Crippen LogP contribution < -0.4 is 0 Å². The van der Waals surface area contributed by atoms with E-state index in [1.54, 1.807) is 11.3 Å². The van der Waals surface area contributed by atoms with E-state index >= 15 is 0 Å². The molecule has 0 fully saturated rings. The molecule has 1 aromatic rings. The van der Waals surface area contributed by atoms with Crippen LogP contribution in [0.1, 0.15) is 23.5 Å². The van der Waals surface area contributed by atoms with Gasteiger partial charge in [-0.3, -0.25) is 0 Å². The zero-order valence-corrected chi connectivity index (χ0v) is 9.04. The first-order chi connectivity index (χ1) is 5.33. The fraction of sp³-hybridized carbons (Fsp3) is 0.625. The van der Waals surface area contributed by atoms with Gasteiger partial charge in [-0.25, -0.2) is 4.98 Å². The molecule has 0 saturated carbocycles. The molecule has 0 radical (unpaired) electrons. The molecule has 1 rings (SSSR count). The highest BCUT2D eigenvalue weighted by molar-refractivity contribution is 9.09. The predicted molar refractivity (Wildman–Crippen MR) is 53.6 cm³/mol. The van der Waals surface area contributed by atoms with Gasteiger partial charge >= 0.3 is 0 Å². The highest BCUT2D eigenvalue weighted by Gasteiger charge is 1.96. The number of aryl methyl sites for hydroxylation is 2. The molecule has 0 unspecified atom stereocenters. The fourth-order valence-corrected chi connectivity index (χ4v) is 2.10. The van der Waals surface area contributed by atoms with Crippen molar-refractivity contribution in [3.05, 3.63) is 16.1 Å². The minimum Gasteiger partial charge on any atom is -0.247 e. The number of nitrogens with zero attached hydrogens (tertiary/aromatic N) is 1. The maximum atomic E-state index is 4.39. The molecule has 0 aromatic carbocycles. The van der Waals surface area contributed by atoms with E-state index in [2.05, 4.69) is 26.3 Å². The number of rotatable bonds is 4. The first-order valence-corrected chi connectivity index (χ1v) is 5.80. The second-order valence-electron chi connectivity index (χ2n) is 2.53. The van der Waals surface area contributed by atoms with Gasteiger partial charge in [0.1, 0.15) is 0 Å². The average molecular weight is 234 g/mol. The van der Waals surface area contributed by atoms with Crippen LogP contribution in [-0.2, 0) is 6.42 Å². The average Bonchev–Trinajstić information content (AvgIpc) is 2.37. The van der Waals surface area contributed by atoms with E-state index in [9.17, 15) is 0 Å². The normalized spacial score (nSPS) is 10.4. The Morgan fingerprint density at radius 3 is 2.91 bits per heavy atom. The van der Waals surface area contributed by atoms with Gasteiger partial charge in [0.15, 0.2) is 0 Å². The van der Waals surface area contributed by atoms with Crippen molar-refractivity contribution in [2.45, 2.75) is 26.2 Å². The monoisotopic (exact) mass is 233 g/mol. The molecule has 3 heteroatoms. The Labute approximate surface area is 80.0 Å². The summed E-state index contributed by atoms with van der Waals surface area (Å²) in [6, 6.07) is 0. The molecule has 62 valence electrons. The molecule has 1 heterocycles. The second-order valence-corrected chi connectivity index (χ2v) is 4.26. The lowest BCUT2D eigenvalue weighted by atomic mass is 10.3. The smallest absolute Gasteiger partial charge is 0.0928 e. The van der Waals surface area contributed by atoms with Crippen LogP contribution in [-0.4, -0.2) is 10.3 Å². The first kappa shape index (κ1) is 9.20. The molecule has 1 aromatic heterocycles.